The minimum Gasteiger partial charge on any atom is -0.392 e. The van der Waals surface area contributed by atoms with Crippen LogP contribution in [0.25, 0.3) is 0 Å². The molecule has 2 atom stereocenters. The molecular formula is C15H23NO2S. The van der Waals surface area contributed by atoms with Crippen molar-refractivity contribution in [1.82, 2.24) is 4.90 Å². The van der Waals surface area contributed by atoms with Gasteiger partial charge in [0.05, 0.1) is 6.10 Å². The zero-order valence-corrected chi connectivity index (χ0v) is 12.5. The monoisotopic (exact) mass is 281 g/mol. The summed E-state index contributed by atoms with van der Waals surface area (Å²) in [6.07, 6.45) is 4.78. The molecule has 0 saturated heterocycles. The first kappa shape index (κ1) is 16.1. The third kappa shape index (κ3) is 6.14. The van der Waals surface area contributed by atoms with Gasteiger partial charge in [0.15, 0.2) is 0 Å². The molecule has 0 saturated carbocycles. The van der Waals surface area contributed by atoms with Crippen molar-refractivity contribution in [2.24, 2.45) is 0 Å². The molecule has 3 nitrogen and oxygen atoms in total. The highest BCUT2D eigenvalue weighted by atomic mass is 32.2. The van der Waals surface area contributed by atoms with E-state index in [1.165, 1.54) is 0 Å². The third-order valence-corrected chi connectivity index (χ3v) is 3.87. The van der Waals surface area contributed by atoms with E-state index in [4.69, 9.17) is 0 Å². The second kappa shape index (κ2) is 8.25. The van der Waals surface area contributed by atoms with Crippen LogP contribution in [0.5, 0.6) is 0 Å². The van der Waals surface area contributed by atoms with E-state index in [9.17, 15) is 9.32 Å². The van der Waals surface area contributed by atoms with Crippen LogP contribution in [0, 0.1) is 0 Å². The van der Waals surface area contributed by atoms with Crippen LogP contribution < -0.4 is 0 Å². The van der Waals surface area contributed by atoms with Gasteiger partial charge in [0.2, 0.25) is 0 Å². The number of likely N-dealkylation sites (N-methyl/N-ethyl adjacent to an activating group) is 1. The zero-order chi connectivity index (χ0) is 14.3. The van der Waals surface area contributed by atoms with Crippen molar-refractivity contribution in [3.05, 3.63) is 42.5 Å². The molecule has 0 bridgehead atoms. The fraction of sp³-hybridized carbons (Fsp3) is 0.467. The Labute approximate surface area is 118 Å². The van der Waals surface area contributed by atoms with Gasteiger partial charge in [0, 0.05) is 35.0 Å². The predicted octanol–water partition coefficient (Wildman–Crippen LogP) is 2.18. The van der Waals surface area contributed by atoms with Gasteiger partial charge in [0.1, 0.15) is 0 Å². The van der Waals surface area contributed by atoms with Crippen molar-refractivity contribution in [1.29, 1.82) is 0 Å². The second-order valence-corrected chi connectivity index (χ2v) is 6.19. The Kier molecular flexibility index (Phi) is 6.99. The molecule has 1 aromatic carbocycles. The van der Waals surface area contributed by atoms with Crippen molar-refractivity contribution in [2.75, 3.05) is 19.8 Å². The van der Waals surface area contributed by atoms with Gasteiger partial charge in [-0.3, -0.25) is 9.11 Å². The summed E-state index contributed by atoms with van der Waals surface area (Å²) in [5, 5.41) is 9.82. The molecule has 0 aliphatic carbocycles. The summed E-state index contributed by atoms with van der Waals surface area (Å²) in [6, 6.07) is 7.77. The van der Waals surface area contributed by atoms with Gasteiger partial charge in [0.25, 0.3) is 0 Å². The van der Waals surface area contributed by atoms with Crippen LogP contribution in [-0.2, 0) is 17.3 Å². The highest BCUT2D eigenvalue weighted by Gasteiger charge is 2.08. The van der Waals surface area contributed by atoms with Crippen LogP contribution in [0.4, 0.5) is 0 Å². The summed E-state index contributed by atoms with van der Waals surface area (Å²) in [5.41, 5.74) is 1.16. The molecule has 0 aliphatic heterocycles. The Morgan fingerprint density at radius 2 is 2.05 bits per heavy atom. The lowest BCUT2D eigenvalue weighted by molar-refractivity contribution is 0.116. The highest BCUT2D eigenvalue weighted by molar-refractivity contribution is 7.84. The molecule has 0 spiro atoms. The average Bonchev–Trinajstić information content (AvgIpc) is 2.36. The summed E-state index contributed by atoms with van der Waals surface area (Å²) in [6.45, 7) is 5.08. The van der Waals surface area contributed by atoms with Crippen LogP contribution in [0.1, 0.15) is 18.4 Å². The van der Waals surface area contributed by atoms with E-state index >= 15 is 0 Å². The van der Waals surface area contributed by atoms with Crippen LogP contribution in [-0.4, -0.2) is 40.2 Å². The molecule has 0 aromatic heterocycles. The Hall–Kier alpha value is -0.970. The minimum atomic E-state index is -0.926. The number of rotatable bonds is 8. The lowest BCUT2D eigenvalue weighted by Crippen LogP contribution is -2.28. The highest BCUT2D eigenvalue weighted by Crippen LogP contribution is 2.10. The molecule has 0 heterocycles. The Bertz CT molecular complexity index is 417. The van der Waals surface area contributed by atoms with Gasteiger partial charge < -0.3 is 5.11 Å². The SMILES string of the molecule is C=CCCC(O)CN(C)Cc1ccc(S(C)=O)cc1. The normalized spacial score (nSPS) is 14.3. The zero-order valence-electron chi connectivity index (χ0n) is 11.7. The van der Waals surface area contributed by atoms with Gasteiger partial charge >= 0.3 is 0 Å². The van der Waals surface area contributed by atoms with Gasteiger partial charge in [-0.25, -0.2) is 0 Å². The molecule has 0 amide bonds. The summed E-state index contributed by atoms with van der Waals surface area (Å²) in [7, 11) is 1.06. The van der Waals surface area contributed by atoms with Crippen LogP contribution in [0.15, 0.2) is 41.8 Å². The van der Waals surface area contributed by atoms with Gasteiger partial charge in [-0.2, -0.15) is 0 Å². The molecule has 0 radical (unpaired) electrons. The standard InChI is InChI=1S/C15H23NO2S/c1-4-5-6-14(17)12-16(2)11-13-7-9-15(10-8-13)19(3)18/h4,7-10,14,17H,1,5-6,11-12H2,2-3H3. The molecule has 0 fully saturated rings. The van der Waals surface area contributed by atoms with Crippen molar-refractivity contribution in [3.63, 3.8) is 0 Å². The van der Waals surface area contributed by atoms with Crippen molar-refractivity contribution >= 4 is 10.8 Å². The van der Waals surface area contributed by atoms with Gasteiger partial charge in [-0.05, 0) is 37.6 Å². The van der Waals surface area contributed by atoms with E-state index < -0.39 is 10.8 Å². The molecule has 0 aliphatic rings. The average molecular weight is 281 g/mol. The second-order valence-electron chi connectivity index (χ2n) is 4.81. The Balaban J connectivity index is 2.45. The van der Waals surface area contributed by atoms with Gasteiger partial charge in [-0.1, -0.05) is 18.2 Å². The number of hydrogen-bond acceptors (Lipinski definition) is 3. The Morgan fingerprint density at radius 3 is 2.58 bits per heavy atom. The summed E-state index contributed by atoms with van der Waals surface area (Å²) in [4.78, 5) is 2.93. The maximum absolute atomic E-state index is 11.3. The number of allylic oxidation sites excluding steroid dienone is 1. The predicted molar refractivity (Wildman–Crippen MR) is 80.5 cm³/mol. The van der Waals surface area contributed by atoms with E-state index in [2.05, 4.69) is 11.5 Å². The maximum atomic E-state index is 11.3. The number of aliphatic hydroxyl groups excluding tert-OH is 1. The maximum Gasteiger partial charge on any atom is 0.0670 e. The summed E-state index contributed by atoms with van der Waals surface area (Å²) >= 11 is 0. The number of aliphatic hydroxyl groups is 1. The lowest BCUT2D eigenvalue weighted by Gasteiger charge is -2.20. The van der Waals surface area contributed by atoms with Crippen molar-refractivity contribution < 1.29 is 9.32 Å². The number of hydrogen-bond donors (Lipinski definition) is 1. The number of nitrogens with zero attached hydrogens (tertiary/aromatic N) is 1. The Morgan fingerprint density at radius 1 is 1.42 bits per heavy atom. The summed E-state index contributed by atoms with van der Waals surface area (Å²) in [5.74, 6) is 0. The van der Waals surface area contributed by atoms with E-state index in [1.54, 1.807) is 6.26 Å². The topological polar surface area (TPSA) is 40.5 Å². The first-order valence-corrected chi connectivity index (χ1v) is 7.98. The largest absolute Gasteiger partial charge is 0.392 e. The molecule has 1 aromatic rings. The molecule has 2 unspecified atom stereocenters. The van der Waals surface area contributed by atoms with Gasteiger partial charge in [-0.15, -0.1) is 6.58 Å². The molecule has 106 valence electrons. The summed E-state index contributed by atoms with van der Waals surface area (Å²) < 4.78 is 11.3. The minimum absolute atomic E-state index is 0.314. The molecular weight excluding hydrogens is 258 g/mol. The fourth-order valence-electron chi connectivity index (χ4n) is 1.92. The van der Waals surface area contributed by atoms with Crippen molar-refractivity contribution in [2.45, 2.75) is 30.4 Å². The molecule has 1 rings (SSSR count). The molecule has 4 heteroatoms. The lowest BCUT2D eigenvalue weighted by atomic mass is 10.1. The molecule has 19 heavy (non-hydrogen) atoms. The first-order chi connectivity index (χ1) is 9.02. The van der Waals surface area contributed by atoms with Crippen LogP contribution in [0.3, 0.4) is 0 Å². The van der Waals surface area contributed by atoms with Crippen LogP contribution in [0.2, 0.25) is 0 Å². The third-order valence-electron chi connectivity index (χ3n) is 2.93. The van der Waals surface area contributed by atoms with E-state index in [-0.39, 0.29) is 6.10 Å². The van der Waals surface area contributed by atoms with Crippen molar-refractivity contribution in [3.8, 4) is 0 Å². The first-order valence-electron chi connectivity index (χ1n) is 6.42. The van der Waals surface area contributed by atoms with E-state index in [0.717, 1.165) is 29.8 Å². The fourth-order valence-corrected chi connectivity index (χ4v) is 2.44. The smallest absolute Gasteiger partial charge is 0.0670 e. The number of benzene rings is 1. The quantitative estimate of drug-likeness (QED) is 0.743. The van der Waals surface area contributed by atoms with E-state index in [1.807, 2.05) is 37.4 Å². The van der Waals surface area contributed by atoms with Crippen LogP contribution >= 0.6 is 0 Å². The van der Waals surface area contributed by atoms with E-state index in [0.29, 0.717) is 6.54 Å². The molecule has 1 N–H and O–H groups in total.